The second-order valence-corrected chi connectivity index (χ2v) is 7.71. The van der Waals surface area contributed by atoms with Crippen molar-refractivity contribution < 1.29 is 22.7 Å². The van der Waals surface area contributed by atoms with Crippen LogP contribution in [0.4, 0.5) is 13.2 Å². The molecule has 0 radical (unpaired) electrons. The molecule has 0 saturated carbocycles. The Morgan fingerprint density at radius 1 is 1.13 bits per heavy atom. The van der Waals surface area contributed by atoms with E-state index in [4.69, 9.17) is 4.74 Å². The number of hydrogen-bond donors (Lipinski definition) is 0. The minimum Gasteiger partial charge on any atom is -0.491 e. The van der Waals surface area contributed by atoms with Gasteiger partial charge in [-0.15, -0.1) is 0 Å². The molecule has 5 rings (SSSR count). The highest BCUT2D eigenvalue weighted by atomic mass is 19.2. The van der Waals surface area contributed by atoms with Crippen LogP contribution in [0, 0.1) is 17.5 Å². The van der Waals surface area contributed by atoms with E-state index in [0.717, 1.165) is 36.2 Å². The maximum atomic E-state index is 13.8. The minimum absolute atomic E-state index is 0.169. The fourth-order valence-electron chi connectivity index (χ4n) is 4.33. The molecule has 9 heteroatoms. The Labute approximate surface area is 176 Å². The molecule has 1 amide bonds. The Kier molecular flexibility index (Phi) is 4.68. The van der Waals surface area contributed by atoms with Gasteiger partial charge in [0, 0.05) is 30.9 Å². The number of aryl methyl sites for hydroxylation is 2. The first-order valence-corrected chi connectivity index (χ1v) is 10.0. The van der Waals surface area contributed by atoms with Crippen LogP contribution in [0.15, 0.2) is 24.4 Å². The summed E-state index contributed by atoms with van der Waals surface area (Å²) in [5.74, 6) is -3.62. The maximum absolute atomic E-state index is 13.8. The van der Waals surface area contributed by atoms with Crippen molar-refractivity contribution >= 4 is 5.91 Å². The number of ether oxygens (including phenoxy) is 1. The molecule has 0 atom stereocenters. The maximum Gasteiger partial charge on any atom is 0.258 e. The van der Waals surface area contributed by atoms with Crippen LogP contribution in [0.25, 0.3) is 11.3 Å². The van der Waals surface area contributed by atoms with Crippen LogP contribution in [0.2, 0.25) is 0 Å². The van der Waals surface area contributed by atoms with Crippen LogP contribution >= 0.6 is 0 Å². The van der Waals surface area contributed by atoms with Crippen molar-refractivity contribution in [3.63, 3.8) is 0 Å². The number of pyridine rings is 1. The zero-order valence-electron chi connectivity index (χ0n) is 16.8. The highest BCUT2D eigenvalue weighted by Gasteiger charge is 2.30. The van der Waals surface area contributed by atoms with Crippen LogP contribution in [0.5, 0.6) is 5.75 Å². The van der Waals surface area contributed by atoms with Gasteiger partial charge in [-0.05, 0) is 37.5 Å². The molecule has 0 saturated heterocycles. The van der Waals surface area contributed by atoms with Crippen molar-refractivity contribution in [2.75, 3.05) is 13.2 Å². The second kappa shape index (κ2) is 7.40. The van der Waals surface area contributed by atoms with E-state index in [-0.39, 0.29) is 18.0 Å². The van der Waals surface area contributed by atoms with Crippen LogP contribution in [0.3, 0.4) is 0 Å². The zero-order valence-corrected chi connectivity index (χ0v) is 16.8. The summed E-state index contributed by atoms with van der Waals surface area (Å²) in [4.78, 5) is 19.2. The Balaban J connectivity index is 1.46. The van der Waals surface area contributed by atoms with Gasteiger partial charge in [0.2, 0.25) is 0 Å². The van der Waals surface area contributed by atoms with Gasteiger partial charge >= 0.3 is 0 Å². The molecule has 0 spiro atoms. The summed E-state index contributed by atoms with van der Waals surface area (Å²) in [5, 5.41) is 4.46. The molecule has 0 fully saturated rings. The molecule has 0 unspecified atom stereocenters. The average Bonchev–Trinajstić information content (AvgIpc) is 3.11. The Hall–Kier alpha value is -3.36. The van der Waals surface area contributed by atoms with Gasteiger partial charge in [-0.2, -0.15) is 5.10 Å². The number of carbonyl (C=O) groups is 1. The number of carbonyl (C=O) groups excluding carboxylic acids is 1. The number of hydrogen-bond acceptors (Lipinski definition) is 4. The lowest BCUT2D eigenvalue weighted by Gasteiger charge is -2.28. The normalized spacial score (nSPS) is 15.3. The molecule has 2 aliphatic rings. The highest BCUT2D eigenvalue weighted by molar-refractivity contribution is 5.97. The van der Waals surface area contributed by atoms with Gasteiger partial charge in [-0.1, -0.05) is 0 Å². The molecule has 31 heavy (non-hydrogen) atoms. The summed E-state index contributed by atoms with van der Waals surface area (Å²) >= 11 is 0. The van der Waals surface area contributed by atoms with Crippen molar-refractivity contribution in [3.05, 3.63) is 64.4 Å². The smallest absolute Gasteiger partial charge is 0.258 e. The molecule has 0 bridgehead atoms. The molecule has 0 aliphatic carbocycles. The number of halogens is 3. The van der Waals surface area contributed by atoms with Crippen LogP contribution < -0.4 is 4.74 Å². The number of nitrogens with zero attached hydrogens (tertiary/aromatic N) is 4. The first kappa shape index (κ1) is 19.6. The lowest BCUT2D eigenvalue weighted by atomic mass is 9.98. The summed E-state index contributed by atoms with van der Waals surface area (Å²) in [7, 11) is 1.66. The fraction of sp³-hybridized carbons (Fsp3) is 0.318. The predicted octanol–water partition coefficient (Wildman–Crippen LogP) is 3.42. The van der Waals surface area contributed by atoms with E-state index in [2.05, 4.69) is 10.1 Å². The van der Waals surface area contributed by atoms with Gasteiger partial charge in [0.15, 0.2) is 23.2 Å². The van der Waals surface area contributed by atoms with E-state index in [1.54, 1.807) is 24.2 Å². The van der Waals surface area contributed by atoms with Gasteiger partial charge < -0.3 is 9.64 Å². The van der Waals surface area contributed by atoms with Crippen molar-refractivity contribution in [1.82, 2.24) is 19.7 Å². The number of rotatable bonds is 2. The number of aromatic nitrogens is 3. The fourth-order valence-corrected chi connectivity index (χ4v) is 4.33. The SMILES string of the molecule is Cn1nc2c(c1-c1cc(F)c(F)c(F)c1)CCN(C(=O)c1ccnc3c1OCCC3)C2. The van der Waals surface area contributed by atoms with Crippen molar-refractivity contribution in [2.45, 2.75) is 25.8 Å². The summed E-state index contributed by atoms with van der Waals surface area (Å²) in [6.07, 6.45) is 3.71. The van der Waals surface area contributed by atoms with Gasteiger partial charge in [-0.25, -0.2) is 13.2 Å². The largest absolute Gasteiger partial charge is 0.491 e. The molecule has 160 valence electrons. The van der Waals surface area contributed by atoms with Gasteiger partial charge in [0.05, 0.1) is 35.8 Å². The minimum atomic E-state index is -1.50. The van der Waals surface area contributed by atoms with Crippen LogP contribution in [-0.2, 0) is 26.4 Å². The third kappa shape index (κ3) is 3.24. The second-order valence-electron chi connectivity index (χ2n) is 7.71. The first-order valence-electron chi connectivity index (χ1n) is 10.0. The zero-order chi connectivity index (χ0) is 21.7. The van der Waals surface area contributed by atoms with E-state index in [0.29, 0.717) is 42.3 Å². The Morgan fingerprint density at radius 3 is 2.68 bits per heavy atom. The average molecular weight is 428 g/mol. The van der Waals surface area contributed by atoms with E-state index in [9.17, 15) is 18.0 Å². The lowest BCUT2D eigenvalue weighted by molar-refractivity contribution is 0.0726. The Morgan fingerprint density at radius 2 is 1.90 bits per heavy atom. The highest BCUT2D eigenvalue weighted by Crippen LogP contribution is 2.33. The van der Waals surface area contributed by atoms with E-state index in [1.807, 2.05) is 0 Å². The third-order valence-corrected chi connectivity index (χ3v) is 5.76. The van der Waals surface area contributed by atoms with E-state index < -0.39 is 17.5 Å². The molecule has 1 aromatic carbocycles. The van der Waals surface area contributed by atoms with Crippen LogP contribution in [-0.4, -0.2) is 38.7 Å². The van der Waals surface area contributed by atoms with Crippen molar-refractivity contribution in [2.24, 2.45) is 7.05 Å². The molecule has 4 heterocycles. The van der Waals surface area contributed by atoms with Gasteiger partial charge in [0.25, 0.3) is 5.91 Å². The van der Waals surface area contributed by atoms with Crippen LogP contribution in [0.1, 0.15) is 33.7 Å². The number of fused-ring (bicyclic) bond motifs is 2. The topological polar surface area (TPSA) is 60.2 Å². The van der Waals surface area contributed by atoms with Gasteiger partial charge in [0.1, 0.15) is 0 Å². The third-order valence-electron chi connectivity index (χ3n) is 5.76. The quantitative estimate of drug-likeness (QED) is 0.587. The standard InChI is InChI=1S/C22H19F3N4O2/c1-28-20(12-9-15(23)19(25)16(24)10-12)13-5-7-29(11-18(13)27-28)22(30)14-4-6-26-17-3-2-8-31-21(14)17/h4,6,9-10H,2-3,5,7-8,11H2,1H3. The molecule has 0 N–H and O–H groups in total. The summed E-state index contributed by atoms with van der Waals surface area (Å²) in [5.41, 5.74) is 3.44. The molecule has 3 aromatic rings. The molecule has 6 nitrogen and oxygen atoms in total. The lowest BCUT2D eigenvalue weighted by Crippen LogP contribution is -2.36. The summed E-state index contributed by atoms with van der Waals surface area (Å²) in [6, 6.07) is 3.59. The number of benzene rings is 1. The van der Waals surface area contributed by atoms with Crippen molar-refractivity contribution in [3.8, 4) is 17.0 Å². The summed E-state index contributed by atoms with van der Waals surface area (Å²) in [6.45, 7) is 1.22. The molecule has 2 aromatic heterocycles. The molecular weight excluding hydrogens is 409 g/mol. The predicted molar refractivity (Wildman–Crippen MR) is 105 cm³/mol. The summed E-state index contributed by atoms with van der Waals surface area (Å²) < 4.78 is 48.2. The Bertz CT molecular complexity index is 1180. The first-order chi connectivity index (χ1) is 14.9. The van der Waals surface area contributed by atoms with E-state index >= 15 is 0 Å². The number of amides is 1. The van der Waals surface area contributed by atoms with Crippen molar-refractivity contribution in [1.29, 1.82) is 0 Å². The molecular formula is C22H19F3N4O2. The molecule has 2 aliphatic heterocycles. The van der Waals surface area contributed by atoms with E-state index in [1.165, 1.54) is 4.68 Å². The monoisotopic (exact) mass is 428 g/mol. The van der Waals surface area contributed by atoms with Gasteiger partial charge in [-0.3, -0.25) is 14.5 Å².